The van der Waals surface area contributed by atoms with Crippen molar-refractivity contribution < 1.29 is 13.2 Å². The Morgan fingerprint density at radius 3 is 2.73 bits per heavy atom. The maximum absolute atomic E-state index is 11.1. The molecule has 0 aromatic carbocycles. The van der Waals surface area contributed by atoms with E-state index in [-0.39, 0.29) is 0 Å². The highest BCUT2D eigenvalue weighted by Gasteiger charge is 2.16. The molecular formula is C5H12N2O3S. The third kappa shape index (κ3) is 2.84. The van der Waals surface area contributed by atoms with Crippen molar-refractivity contribution in [3.8, 4) is 0 Å². The van der Waals surface area contributed by atoms with Crippen molar-refractivity contribution in [3.63, 3.8) is 0 Å². The fourth-order valence-electron chi connectivity index (χ4n) is 0.820. The smallest absolute Gasteiger partial charge is 0.254 e. The van der Waals surface area contributed by atoms with E-state index in [1.807, 2.05) is 0 Å². The summed E-state index contributed by atoms with van der Waals surface area (Å²) in [7, 11) is 1.58. The number of ether oxygens (including phenoxy) is 1. The van der Waals surface area contributed by atoms with Crippen molar-refractivity contribution >= 4 is 11.3 Å². The van der Waals surface area contributed by atoms with Crippen molar-refractivity contribution in [2.75, 3.05) is 33.4 Å². The number of hydroxylamine groups is 1. The van der Waals surface area contributed by atoms with E-state index < -0.39 is 11.3 Å². The van der Waals surface area contributed by atoms with Crippen LogP contribution in [-0.2, 0) is 20.3 Å². The number of hydrogen-bond acceptors (Lipinski definition) is 4. The Kier molecular flexibility index (Phi) is 3.95. The maximum atomic E-state index is 11.1. The minimum atomic E-state index is -1.36. The lowest BCUT2D eigenvalue weighted by molar-refractivity contribution is 0.0680. The predicted octanol–water partition coefficient (Wildman–Crippen LogP) is -0.952. The molecule has 1 rings (SSSR count). The largest absolute Gasteiger partial charge is 0.379 e. The standard InChI is InChI=1S/C5H12N2O3S/c1-6-10-11(8)7-2-4-9-5-3-7/h6H,2-5H2,1H3. The Bertz CT molecular complexity index is 138. The molecule has 11 heavy (non-hydrogen) atoms. The molecule has 0 aliphatic carbocycles. The van der Waals surface area contributed by atoms with Gasteiger partial charge in [0.2, 0.25) is 0 Å². The van der Waals surface area contributed by atoms with Gasteiger partial charge in [-0.05, 0) is 0 Å². The highest BCUT2D eigenvalue weighted by Crippen LogP contribution is 2.00. The van der Waals surface area contributed by atoms with Crippen LogP contribution in [0.25, 0.3) is 0 Å². The molecule has 1 atom stereocenters. The molecule has 0 bridgehead atoms. The molecule has 1 aliphatic rings. The third-order valence-corrected chi connectivity index (χ3v) is 2.43. The molecule has 5 nitrogen and oxygen atoms in total. The highest BCUT2D eigenvalue weighted by molar-refractivity contribution is 7.77. The number of morpholine rings is 1. The van der Waals surface area contributed by atoms with Gasteiger partial charge in [0, 0.05) is 20.1 Å². The first kappa shape index (κ1) is 9.08. The molecule has 0 saturated carbocycles. The molecule has 0 aromatic rings. The lowest BCUT2D eigenvalue weighted by Crippen LogP contribution is -2.39. The molecule has 0 radical (unpaired) electrons. The minimum absolute atomic E-state index is 0.624. The van der Waals surface area contributed by atoms with Gasteiger partial charge in [-0.3, -0.25) is 0 Å². The van der Waals surface area contributed by atoms with E-state index in [1.165, 1.54) is 0 Å². The maximum Gasteiger partial charge on any atom is 0.254 e. The molecular weight excluding hydrogens is 168 g/mol. The normalized spacial score (nSPS) is 23.4. The van der Waals surface area contributed by atoms with E-state index in [1.54, 1.807) is 11.4 Å². The molecule has 0 spiro atoms. The fraction of sp³-hybridized carbons (Fsp3) is 1.00. The summed E-state index contributed by atoms with van der Waals surface area (Å²) in [6.45, 7) is 2.57. The predicted molar refractivity (Wildman–Crippen MR) is 40.7 cm³/mol. The molecule has 66 valence electrons. The number of nitrogens with zero attached hydrogens (tertiary/aromatic N) is 1. The first-order chi connectivity index (χ1) is 5.34. The molecule has 1 heterocycles. The second kappa shape index (κ2) is 4.78. The summed E-state index contributed by atoms with van der Waals surface area (Å²) in [5, 5.41) is 0. The van der Waals surface area contributed by atoms with Gasteiger partial charge in [-0.1, -0.05) is 0 Å². The van der Waals surface area contributed by atoms with Crippen molar-refractivity contribution in [3.05, 3.63) is 0 Å². The summed E-state index contributed by atoms with van der Waals surface area (Å²) >= 11 is -1.36. The topological polar surface area (TPSA) is 50.8 Å². The fourth-order valence-corrected chi connectivity index (χ4v) is 1.51. The summed E-state index contributed by atoms with van der Waals surface area (Å²) in [6.07, 6.45) is 0. The second-order valence-corrected chi connectivity index (χ2v) is 3.16. The summed E-state index contributed by atoms with van der Waals surface area (Å²) in [5.41, 5.74) is 2.38. The zero-order valence-corrected chi connectivity index (χ0v) is 7.23. The van der Waals surface area contributed by atoms with Crippen LogP contribution in [0.15, 0.2) is 0 Å². The van der Waals surface area contributed by atoms with Crippen LogP contribution in [0.3, 0.4) is 0 Å². The van der Waals surface area contributed by atoms with Crippen molar-refractivity contribution in [1.29, 1.82) is 0 Å². The van der Waals surface area contributed by atoms with E-state index in [2.05, 4.69) is 9.76 Å². The Morgan fingerprint density at radius 1 is 1.55 bits per heavy atom. The third-order valence-electron chi connectivity index (χ3n) is 1.34. The van der Waals surface area contributed by atoms with Gasteiger partial charge in [0.25, 0.3) is 11.3 Å². The van der Waals surface area contributed by atoms with Gasteiger partial charge in [0.1, 0.15) is 0 Å². The van der Waals surface area contributed by atoms with Gasteiger partial charge in [-0.15, -0.1) is 0 Å². The van der Waals surface area contributed by atoms with Crippen LogP contribution in [0.4, 0.5) is 0 Å². The first-order valence-electron chi connectivity index (χ1n) is 3.43. The van der Waals surface area contributed by atoms with Crippen LogP contribution < -0.4 is 5.48 Å². The lowest BCUT2D eigenvalue weighted by Gasteiger charge is -2.23. The number of hydrogen-bond donors (Lipinski definition) is 1. The molecule has 1 unspecified atom stereocenters. The number of rotatable bonds is 3. The summed E-state index contributed by atoms with van der Waals surface area (Å²) in [4.78, 5) is 0. The van der Waals surface area contributed by atoms with E-state index in [9.17, 15) is 4.21 Å². The Morgan fingerprint density at radius 2 is 2.18 bits per heavy atom. The van der Waals surface area contributed by atoms with Gasteiger partial charge in [-0.25, -0.2) is 4.21 Å². The molecule has 1 aliphatic heterocycles. The summed E-state index contributed by atoms with van der Waals surface area (Å²) < 4.78 is 22.6. The lowest BCUT2D eigenvalue weighted by atomic mass is 10.5. The van der Waals surface area contributed by atoms with Crippen LogP contribution >= 0.6 is 0 Å². The van der Waals surface area contributed by atoms with E-state index in [0.29, 0.717) is 26.3 Å². The molecule has 0 aromatic heterocycles. The highest BCUT2D eigenvalue weighted by atomic mass is 32.2. The monoisotopic (exact) mass is 180 g/mol. The minimum Gasteiger partial charge on any atom is -0.379 e. The molecule has 0 amide bonds. The zero-order valence-electron chi connectivity index (χ0n) is 6.41. The van der Waals surface area contributed by atoms with E-state index in [0.717, 1.165) is 0 Å². The van der Waals surface area contributed by atoms with Gasteiger partial charge in [0.05, 0.1) is 13.2 Å². The average molecular weight is 180 g/mol. The summed E-state index contributed by atoms with van der Waals surface area (Å²) in [5.74, 6) is 0. The van der Waals surface area contributed by atoms with E-state index in [4.69, 9.17) is 4.74 Å². The molecule has 1 saturated heterocycles. The van der Waals surface area contributed by atoms with Crippen LogP contribution in [0, 0.1) is 0 Å². The summed E-state index contributed by atoms with van der Waals surface area (Å²) in [6, 6.07) is 0. The van der Waals surface area contributed by atoms with Crippen LogP contribution in [0.1, 0.15) is 0 Å². The van der Waals surface area contributed by atoms with Gasteiger partial charge >= 0.3 is 0 Å². The molecule has 6 heteroatoms. The van der Waals surface area contributed by atoms with Crippen LogP contribution in [-0.4, -0.2) is 41.9 Å². The Labute approximate surface area is 68.4 Å². The van der Waals surface area contributed by atoms with Crippen molar-refractivity contribution in [2.45, 2.75) is 0 Å². The van der Waals surface area contributed by atoms with Gasteiger partial charge < -0.3 is 4.74 Å². The van der Waals surface area contributed by atoms with Crippen LogP contribution in [0.2, 0.25) is 0 Å². The molecule has 1 N–H and O–H groups in total. The van der Waals surface area contributed by atoms with Gasteiger partial charge in [0.15, 0.2) is 0 Å². The average Bonchev–Trinajstić information content (AvgIpc) is 2.07. The zero-order chi connectivity index (χ0) is 8.10. The Balaban J connectivity index is 2.27. The van der Waals surface area contributed by atoms with Crippen molar-refractivity contribution in [1.82, 2.24) is 9.79 Å². The second-order valence-electron chi connectivity index (χ2n) is 2.05. The van der Waals surface area contributed by atoms with Crippen LogP contribution in [0.5, 0.6) is 0 Å². The van der Waals surface area contributed by atoms with Gasteiger partial charge in [-0.2, -0.15) is 14.1 Å². The Hall–Kier alpha value is -0.0100. The van der Waals surface area contributed by atoms with Crippen molar-refractivity contribution in [2.24, 2.45) is 0 Å². The first-order valence-corrected chi connectivity index (χ1v) is 4.46. The SMILES string of the molecule is CNOS(=O)N1CCOCC1. The quantitative estimate of drug-likeness (QED) is 0.569. The number of nitrogens with one attached hydrogen (secondary N) is 1. The van der Waals surface area contributed by atoms with E-state index >= 15 is 0 Å². The molecule has 1 fully saturated rings.